The molecule has 0 unspecified atom stereocenters. The van der Waals surface area contributed by atoms with Crippen LogP contribution in [-0.2, 0) is 0 Å². The molecule has 0 aliphatic carbocycles. The molecule has 0 aromatic carbocycles. The van der Waals surface area contributed by atoms with Gasteiger partial charge in [-0.25, -0.2) is 0 Å². The maximum Gasteiger partial charge on any atom is -0.0348 e. The van der Waals surface area contributed by atoms with Crippen LogP contribution in [0.4, 0.5) is 0 Å². The fourth-order valence-electron chi connectivity index (χ4n) is 1.97. The normalized spacial score (nSPS) is 12.4. The molecule has 0 heteroatoms. The Morgan fingerprint density at radius 2 is 1.10 bits per heavy atom. The van der Waals surface area contributed by atoms with Gasteiger partial charge in [0, 0.05) is 0 Å². The van der Waals surface area contributed by atoms with Gasteiger partial charge in [-0.2, -0.15) is 0 Å². The van der Waals surface area contributed by atoms with E-state index in [4.69, 9.17) is 0 Å². The minimum Gasteiger partial charge on any atom is -0.0991 e. The van der Waals surface area contributed by atoms with E-state index < -0.39 is 0 Å². The van der Waals surface area contributed by atoms with Crippen LogP contribution >= 0.6 is 0 Å². The van der Waals surface area contributed by atoms with Crippen LogP contribution in [0.3, 0.4) is 0 Å². The molecule has 0 saturated heterocycles. The van der Waals surface area contributed by atoms with Crippen LogP contribution in [-0.4, -0.2) is 0 Å². The predicted octanol–water partition coefficient (Wildman–Crippen LogP) is 6.93. The van der Waals surface area contributed by atoms with E-state index in [0.29, 0.717) is 0 Å². The van der Waals surface area contributed by atoms with Gasteiger partial charge in [0.15, 0.2) is 0 Å². The van der Waals surface area contributed by atoms with Gasteiger partial charge in [0.1, 0.15) is 0 Å². The fourth-order valence-corrected chi connectivity index (χ4v) is 1.97. The molecule has 20 heavy (non-hydrogen) atoms. The van der Waals surface area contributed by atoms with Gasteiger partial charge in [0.25, 0.3) is 0 Å². The lowest BCUT2D eigenvalue weighted by Gasteiger charge is -1.99. The largest absolute Gasteiger partial charge is 0.0991 e. The smallest absolute Gasteiger partial charge is 0.0348 e. The summed E-state index contributed by atoms with van der Waals surface area (Å²) in [6, 6.07) is 0. The van der Waals surface area contributed by atoms with Gasteiger partial charge in [-0.15, -0.1) is 0 Å². The van der Waals surface area contributed by atoms with E-state index in [1.807, 2.05) is 24.3 Å². The van der Waals surface area contributed by atoms with Gasteiger partial charge >= 0.3 is 0 Å². The van der Waals surface area contributed by atoms with E-state index in [9.17, 15) is 0 Å². The molecule has 0 aliphatic heterocycles. The lowest BCUT2D eigenvalue weighted by atomic mass is 10.1. The Bertz CT molecular complexity index is 302. The van der Waals surface area contributed by atoms with Crippen molar-refractivity contribution in [3.05, 3.63) is 61.3 Å². The molecule has 112 valence electrons. The van der Waals surface area contributed by atoms with Crippen LogP contribution in [0.1, 0.15) is 64.7 Å². The Kier molecular flexibility index (Phi) is 16.5. The summed E-state index contributed by atoms with van der Waals surface area (Å²) in [6.45, 7) is 5.89. The minimum absolute atomic E-state index is 1.21. The lowest BCUT2D eigenvalue weighted by Crippen LogP contribution is -1.79. The maximum atomic E-state index is 3.62. The zero-order valence-electron chi connectivity index (χ0n) is 13.3. The molecule has 0 amide bonds. The van der Waals surface area contributed by atoms with Crippen molar-refractivity contribution >= 4 is 0 Å². The van der Waals surface area contributed by atoms with Gasteiger partial charge in [-0.3, -0.25) is 0 Å². The Balaban J connectivity index is 3.31. The molecule has 0 aromatic rings. The molecular weight excluding hydrogens is 240 g/mol. The summed E-state index contributed by atoms with van der Waals surface area (Å²) in [6.07, 6.45) is 30.6. The molecule has 0 fully saturated rings. The second-order valence-corrected chi connectivity index (χ2v) is 5.08. The monoisotopic (exact) mass is 272 g/mol. The molecule has 0 aliphatic rings. The molecule has 0 aromatic heterocycles. The summed E-state index contributed by atoms with van der Waals surface area (Å²) in [4.78, 5) is 0. The van der Waals surface area contributed by atoms with Gasteiger partial charge in [0.2, 0.25) is 0 Å². The first-order valence-corrected chi connectivity index (χ1v) is 8.19. The third kappa shape index (κ3) is 16.7. The first-order chi connectivity index (χ1) is 9.91. The fraction of sp³-hybridized carbons (Fsp3) is 0.500. The van der Waals surface area contributed by atoms with Gasteiger partial charge in [-0.1, -0.05) is 113 Å². The zero-order chi connectivity index (χ0) is 14.7. The van der Waals surface area contributed by atoms with Crippen LogP contribution in [0.5, 0.6) is 0 Å². The molecule has 0 bridgehead atoms. The Morgan fingerprint density at radius 3 is 1.70 bits per heavy atom. The first kappa shape index (κ1) is 18.7. The molecule has 0 heterocycles. The Morgan fingerprint density at radius 1 is 0.600 bits per heavy atom. The highest BCUT2D eigenvalue weighted by atomic mass is 14.0. The van der Waals surface area contributed by atoms with E-state index >= 15 is 0 Å². The standard InChI is InChI=1S/C20H32/c1-3-5-7-9-11-13-15-17-19-20-18-16-14-12-10-8-6-4-2/h3,5,7,9,11,13,15,17,19H,1,4,6,8,10,12,14,16,18,20H2,2H3/b7-5+,11-9+,15-13+,19-17+. The van der Waals surface area contributed by atoms with Crippen molar-refractivity contribution in [1.29, 1.82) is 0 Å². The summed E-state index contributed by atoms with van der Waals surface area (Å²) < 4.78 is 0. The Labute approximate surface area is 126 Å². The maximum absolute atomic E-state index is 3.62. The molecule has 0 radical (unpaired) electrons. The molecule has 0 saturated carbocycles. The van der Waals surface area contributed by atoms with E-state index in [1.54, 1.807) is 6.08 Å². The quantitative estimate of drug-likeness (QED) is 0.252. The summed E-state index contributed by atoms with van der Waals surface area (Å²) in [5.74, 6) is 0. The SMILES string of the molecule is C=C/C=C/C=C/C=C/C=C/CCCCCCCCCC. The van der Waals surface area contributed by atoms with E-state index in [0.717, 1.165) is 0 Å². The average molecular weight is 272 g/mol. The number of allylic oxidation sites excluding steroid dienone is 9. The highest BCUT2D eigenvalue weighted by Gasteiger charge is 1.89. The number of unbranched alkanes of at least 4 members (excludes halogenated alkanes) is 8. The number of hydrogen-bond donors (Lipinski definition) is 0. The zero-order valence-corrected chi connectivity index (χ0v) is 13.3. The van der Waals surface area contributed by atoms with Crippen molar-refractivity contribution < 1.29 is 0 Å². The third-order valence-corrected chi connectivity index (χ3v) is 3.16. The van der Waals surface area contributed by atoms with Crippen LogP contribution in [0.15, 0.2) is 61.3 Å². The van der Waals surface area contributed by atoms with Gasteiger partial charge < -0.3 is 0 Å². The molecule has 0 atom stereocenters. The van der Waals surface area contributed by atoms with Crippen molar-refractivity contribution in [3.63, 3.8) is 0 Å². The summed E-state index contributed by atoms with van der Waals surface area (Å²) in [5.41, 5.74) is 0. The van der Waals surface area contributed by atoms with Crippen LogP contribution in [0, 0.1) is 0 Å². The minimum atomic E-state index is 1.21. The summed E-state index contributed by atoms with van der Waals surface area (Å²) in [5, 5.41) is 0. The molecule has 0 N–H and O–H groups in total. The first-order valence-electron chi connectivity index (χ1n) is 8.19. The van der Waals surface area contributed by atoms with Crippen molar-refractivity contribution in [2.24, 2.45) is 0 Å². The second-order valence-electron chi connectivity index (χ2n) is 5.08. The van der Waals surface area contributed by atoms with Crippen molar-refractivity contribution in [2.75, 3.05) is 0 Å². The van der Waals surface area contributed by atoms with Crippen LogP contribution < -0.4 is 0 Å². The average Bonchev–Trinajstić information content (AvgIpc) is 2.47. The van der Waals surface area contributed by atoms with Crippen molar-refractivity contribution in [1.82, 2.24) is 0 Å². The topological polar surface area (TPSA) is 0 Å². The van der Waals surface area contributed by atoms with E-state index in [-0.39, 0.29) is 0 Å². The van der Waals surface area contributed by atoms with Crippen LogP contribution in [0.25, 0.3) is 0 Å². The predicted molar refractivity (Wildman–Crippen MR) is 94.0 cm³/mol. The highest BCUT2D eigenvalue weighted by molar-refractivity contribution is 5.17. The molecule has 0 spiro atoms. The van der Waals surface area contributed by atoms with Gasteiger partial charge in [0.05, 0.1) is 0 Å². The second kappa shape index (κ2) is 17.7. The van der Waals surface area contributed by atoms with Crippen molar-refractivity contribution in [2.45, 2.75) is 64.7 Å². The third-order valence-electron chi connectivity index (χ3n) is 3.16. The molecular formula is C20H32. The summed E-state index contributed by atoms with van der Waals surface area (Å²) >= 11 is 0. The number of hydrogen-bond acceptors (Lipinski definition) is 0. The molecule has 0 nitrogen and oxygen atoms in total. The van der Waals surface area contributed by atoms with Crippen LogP contribution in [0.2, 0.25) is 0 Å². The summed E-state index contributed by atoms with van der Waals surface area (Å²) in [7, 11) is 0. The lowest BCUT2D eigenvalue weighted by molar-refractivity contribution is 0.577. The van der Waals surface area contributed by atoms with Crippen molar-refractivity contribution in [3.8, 4) is 0 Å². The van der Waals surface area contributed by atoms with E-state index in [2.05, 4.69) is 37.8 Å². The number of rotatable bonds is 13. The molecule has 0 rings (SSSR count). The highest BCUT2D eigenvalue weighted by Crippen LogP contribution is 2.09. The van der Waals surface area contributed by atoms with Gasteiger partial charge in [-0.05, 0) is 12.8 Å². The Hall–Kier alpha value is -1.30. The van der Waals surface area contributed by atoms with E-state index in [1.165, 1.54) is 57.8 Å².